The molecule has 0 unspecified atom stereocenters. The molecule has 0 saturated carbocycles. The van der Waals surface area contributed by atoms with Crippen molar-refractivity contribution in [2.75, 3.05) is 4.90 Å². The second kappa shape index (κ2) is 8.17. The summed E-state index contributed by atoms with van der Waals surface area (Å²) in [6.07, 6.45) is 0. The number of amides is 1. The maximum absolute atomic E-state index is 13.3. The zero-order valence-corrected chi connectivity index (χ0v) is 17.5. The van der Waals surface area contributed by atoms with Crippen molar-refractivity contribution in [3.8, 4) is 0 Å². The number of carbonyl (C=O) groups excluding carboxylic acids is 1. The van der Waals surface area contributed by atoms with Gasteiger partial charge in [0.15, 0.2) is 0 Å². The molecule has 0 aliphatic rings. The third-order valence-electron chi connectivity index (χ3n) is 5.09. The third-order valence-corrected chi connectivity index (χ3v) is 5.34. The minimum Gasteiger partial charge on any atom is -0.322 e. The van der Waals surface area contributed by atoms with Crippen molar-refractivity contribution >= 4 is 34.1 Å². The largest absolute Gasteiger partial charge is 0.322 e. The number of aryl methyl sites for hydroxylation is 2. The average Bonchev–Trinajstić information content (AvgIpc) is 2.73. The molecule has 4 rings (SSSR count). The molecule has 0 fully saturated rings. The van der Waals surface area contributed by atoms with Crippen LogP contribution in [0.4, 0.5) is 5.69 Å². The average molecular weight is 417 g/mol. The highest BCUT2D eigenvalue weighted by Gasteiger charge is 2.20. The number of hydrogen-bond donors (Lipinski definition) is 1. The maximum atomic E-state index is 13.3. The predicted molar refractivity (Wildman–Crippen MR) is 122 cm³/mol. The van der Waals surface area contributed by atoms with Crippen LogP contribution in [-0.2, 0) is 6.54 Å². The van der Waals surface area contributed by atoms with Crippen molar-refractivity contribution in [3.05, 3.63) is 110 Å². The number of anilines is 1. The Morgan fingerprint density at radius 2 is 1.57 bits per heavy atom. The Morgan fingerprint density at radius 1 is 0.900 bits per heavy atom. The molecule has 30 heavy (non-hydrogen) atoms. The molecule has 0 atom stereocenters. The summed E-state index contributed by atoms with van der Waals surface area (Å²) in [6.45, 7) is 4.13. The van der Waals surface area contributed by atoms with Gasteiger partial charge in [-0.25, -0.2) is 0 Å². The quantitative estimate of drug-likeness (QED) is 0.467. The predicted octanol–water partition coefficient (Wildman–Crippen LogP) is 5.65. The van der Waals surface area contributed by atoms with E-state index in [9.17, 15) is 9.59 Å². The molecule has 1 heterocycles. The molecule has 0 bridgehead atoms. The summed E-state index contributed by atoms with van der Waals surface area (Å²) in [5.41, 5.74) is 4.51. The number of nitrogens with zero attached hydrogens (tertiary/aromatic N) is 1. The molecule has 1 N–H and O–H groups in total. The van der Waals surface area contributed by atoms with E-state index in [0.29, 0.717) is 16.1 Å². The Labute approximate surface area is 179 Å². The molecule has 4 nitrogen and oxygen atoms in total. The van der Waals surface area contributed by atoms with E-state index in [1.54, 1.807) is 29.2 Å². The van der Waals surface area contributed by atoms with Gasteiger partial charge in [0.1, 0.15) is 0 Å². The van der Waals surface area contributed by atoms with E-state index in [1.807, 2.05) is 62.4 Å². The number of hydrogen-bond acceptors (Lipinski definition) is 2. The van der Waals surface area contributed by atoms with Crippen LogP contribution in [0.3, 0.4) is 0 Å². The molecular weight excluding hydrogens is 396 g/mol. The Morgan fingerprint density at radius 3 is 2.27 bits per heavy atom. The molecule has 0 radical (unpaired) electrons. The molecule has 0 saturated heterocycles. The molecule has 150 valence electrons. The van der Waals surface area contributed by atoms with Crippen molar-refractivity contribution < 1.29 is 4.79 Å². The fourth-order valence-electron chi connectivity index (χ4n) is 3.40. The summed E-state index contributed by atoms with van der Waals surface area (Å²) in [5, 5.41) is 1.49. The zero-order valence-electron chi connectivity index (χ0n) is 16.8. The summed E-state index contributed by atoms with van der Waals surface area (Å²) in [4.78, 5) is 30.7. The van der Waals surface area contributed by atoms with E-state index < -0.39 is 0 Å². The minimum atomic E-state index is -0.200. The lowest BCUT2D eigenvalue weighted by molar-refractivity contribution is 0.0985. The Kier molecular flexibility index (Phi) is 5.42. The Bertz CT molecular complexity index is 1280. The number of halogens is 1. The number of H-pyrrole nitrogens is 1. The lowest BCUT2D eigenvalue weighted by Gasteiger charge is -2.23. The van der Waals surface area contributed by atoms with Gasteiger partial charge in [0, 0.05) is 27.4 Å². The van der Waals surface area contributed by atoms with Crippen LogP contribution in [-0.4, -0.2) is 10.9 Å². The molecule has 0 aliphatic heterocycles. The second-order valence-corrected chi connectivity index (χ2v) is 7.88. The number of carbonyl (C=O) groups is 1. The highest BCUT2D eigenvalue weighted by Crippen LogP contribution is 2.22. The maximum Gasteiger partial charge on any atom is 0.258 e. The van der Waals surface area contributed by atoms with Crippen molar-refractivity contribution in [2.24, 2.45) is 0 Å². The molecule has 1 aromatic heterocycles. The number of pyridine rings is 1. The van der Waals surface area contributed by atoms with Crippen LogP contribution in [0.25, 0.3) is 10.9 Å². The van der Waals surface area contributed by atoms with Gasteiger partial charge in [-0.2, -0.15) is 0 Å². The molecule has 0 spiro atoms. The Hall–Kier alpha value is -3.37. The first-order valence-electron chi connectivity index (χ1n) is 9.67. The molecule has 3 aromatic carbocycles. The molecular formula is C25H21ClN2O2. The first-order chi connectivity index (χ1) is 14.4. The van der Waals surface area contributed by atoms with Gasteiger partial charge in [-0.3, -0.25) is 9.59 Å². The van der Waals surface area contributed by atoms with Gasteiger partial charge < -0.3 is 9.88 Å². The summed E-state index contributed by atoms with van der Waals surface area (Å²) in [6, 6.07) is 22.2. The first-order valence-corrected chi connectivity index (χ1v) is 10.1. The van der Waals surface area contributed by atoms with Crippen molar-refractivity contribution in [2.45, 2.75) is 20.4 Å². The monoisotopic (exact) mass is 416 g/mol. The normalized spacial score (nSPS) is 10.9. The number of rotatable bonds is 4. The SMILES string of the molecule is Cc1ccc(N(Cc2cc3ccc(C)cc3[nH]c2=O)C(=O)c2ccc(Cl)cc2)cc1. The second-order valence-electron chi connectivity index (χ2n) is 7.45. The Balaban J connectivity index is 1.77. The van der Waals surface area contributed by atoms with Crippen LogP contribution >= 0.6 is 11.6 Å². The van der Waals surface area contributed by atoms with E-state index in [1.165, 1.54) is 0 Å². The van der Waals surface area contributed by atoms with E-state index in [2.05, 4.69) is 4.98 Å². The van der Waals surface area contributed by atoms with Gasteiger partial charge >= 0.3 is 0 Å². The topological polar surface area (TPSA) is 53.2 Å². The fourth-order valence-corrected chi connectivity index (χ4v) is 3.53. The molecule has 5 heteroatoms. The van der Waals surface area contributed by atoms with Crippen LogP contribution < -0.4 is 10.5 Å². The van der Waals surface area contributed by atoms with Crippen LogP contribution in [0.2, 0.25) is 5.02 Å². The minimum absolute atomic E-state index is 0.156. The molecule has 4 aromatic rings. The third kappa shape index (κ3) is 4.14. The van der Waals surface area contributed by atoms with Crippen LogP contribution in [0.1, 0.15) is 27.0 Å². The smallest absolute Gasteiger partial charge is 0.258 e. The van der Waals surface area contributed by atoms with E-state index in [4.69, 9.17) is 11.6 Å². The number of fused-ring (bicyclic) bond motifs is 1. The van der Waals surface area contributed by atoms with Crippen LogP contribution in [0.5, 0.6) is 0 Å². The number of aromatic amines is 1. The lowest BCUT2D eigenvalue weighted by Crippen LogP contribution is -2.32. The summed E-state index contributed by atoms with van der Waals surface area (Å²) >= 11 is 5.98. The van der Waals surface area contributed by atoms with Gasteiger partial charge in [-0.1, -0.05) is 41.4 Å². The van der Waals surface area contributed by atoms with Crippen molar-refractivity contribution in [3.63, 3.8) is 0 Å². The highest BCUT2D eigenvalue weighted by molar-refractivity contribution is 6.30. The molecule has 1 amide bonds. The number of aromatic nitrogens is 1. The zero-order chi connectivity index (χ0) is 21.3. The summed E-state index contributed by atoms with van der Waals surface area (Å²) in [5.74, 6) is -0.195. The van der Waals surface area contributed by atoms with Crippen molar-refractivity contribution in [1.82, 2.24) is 4.98 Å². The van der Waals surface area contributed by atoms with E-state index in [-0.39, 0.29) is 18.0 Å². The lowest BCUT2D eigenvalue weighted by atomic mass is 10.1. The van der Waals surface area contributed by atoms with Gasteiger partial charge in [-0.15, -0.1) is 0 Å². The van der Waals surface area contributed by atoms with E-state index in [0.717, 1.165) is 27.7 Å². The summed E-state index contributed by atoms with van der Waals surface area (Å²) < 4.78 is 0. The van der Waals surface area contributed by atoms with Crippen molar-refractivity contribution in [1.29, 1.82) is 0 Å². The van der Waals surface area contributed by atoms with Gasteiger partial charge in [0.05, 0.1) is 6.54 Å². The molecule has 0 aliphatic carbocycles. The standard InChI is InChI=1S/C25H21ClN2O2/c1-16-4-11-22(12-5-16)28(25(30)18-7-9-21(26)10-8-18)15-20-14-19-6-3-17(2)13-23(19)27-24(20)29/h3-14H,15H2,1-2H3,(H,27,29). The summed E-state index contributed by atoms with van der Waals surface area (Å²) in [7, 11) is 0. The van der Waals surface area contributed by atoms with Crippen LogP contribution in [0.15, 0.2) is 77.6 Å². The number of nitrogens with one attached hydrogen (secondary N) is 1. The highest BCUT2D eigenvalue weighted by atomic mass is 35.5. The first kappa shape index (κ1) is 19.9. The van der Waals surface area contributed by atoms with Crippen LogP contribution in [0, 0.1) is 13.8 Å². The number of benzene rings is 3. The fraction of sp³-hybridized carbons (Fsp3) is 0.120. The van der Waals surface area contributed by atoms with Gasteiger partial charge in [0.2, 0.25) is 0 Å². The van der Waals surface area contributed by atoms with E-state index >= 15 is 0 Å². The van der Waals surface area contributed by atoms with Gasteiger partial charge in [-0.05, 0) is 73.3 Å². The van der Waals surface area contributed by atoms with Gasteiger partial charge in [0.25, 0.3) is 11.5 Å².